The largest absolute Gasteiger partial charge is 0.497 e. The lowest BCUT2D eigenvalue weighted by Gasteiger charge is -2.18. The Labute approximate surface area is 167 Å². The van der Waals surface area contributed by atoms with E-state index in [9.17, 15) is 0 Å². The Bertz CT molecular complexity index is 913. The molecule has 28 heavy (non-hydrogen) atoms. The summed E-state index contributed by atoms with van der Waals surface area (Å²) < 4.78 is 7.18. The van der Waals surface area contributed by atoms with Gasteiger partial charge in [0.25, 0.3) is 0 Å². The SMILES string of the molecule is CCN(CC)CCCNc1c(C)c(C)nc2cc(-c3ccc(OC)cc3)nn12. The van der Waals surface area contributed by atoms with E-state index < -0.39 is 0 Å². The van der Waals surface area contributed by atoms with Crippen molar-refractivity contribution < 1.29 is 4.74 Å². The van der Waals surface area contributed by atoms with Crippen LogP contribution in [0.4, 0.5) is 5.82 Å². The van der Waals surface area contributed by atoms with Crippen LogP contribution in [-0.2, 0) is 0 Å². The Morgan fingerprint density at radius 3 is 2.46 bits per heavy atom. The highest BCUT2D eigenvalue weighted by molar-refractivity contribution is 5.67. The fourth-order valence-corrected chi connectivity index (χ4v) is 3.36. The van der Waals surface area contributed by atoms with E-state index in [4.69, 9.17) is 14.8 Å². The van der Waals surface area contributed by atoms with Gasteiger partial charge in [0.1, 0.15) is 11.6 Å². The van der Waals surface area contributed by atoms with Crippen LogP contribution in [-0.4, -0.2) is 52.8 Å². The number of hydrogen-bond acceptors (Lipinski definition) is 5. The molecule has 0 saturated carbocycles. The van der Waals surface area contributed by atoms with Crippen molar-refractivity contribution in [1.82, 2.24) is 19.5 Å². The van der Waals surface area contributed by atoms with Crippen LogP contribution in [0.2, 0.25) is 0 Å². The molecular weight excluding hydrogens is 350 g/mol. The quantitative estimate of drug-likeness (QED) is 0.564. The highest BCUT2D eigenvalue weighted by Gasteiger charge is 2.13. The van der Waals surface area contributed by atoms with E-state index in [2.05, 4.69) is 37.9 Å². The number of methoxy groups -OCH3 is 1. The topological polar surface area (TPSA) is 54.7 Å². The molecule has 0 amide bonds. The van der Waals surface area contributed by atoms with E-state index in [1.807, 2.05) is 34.8 Å². The number of nitrogens with one attached hydrogen (secondary N) is 1. The Kier molecular flexibility index (Phi) is 6.52. The first-order chi connectivity index (χ1) is 13.6. The van der Waals surface area contributed by atoms with Gasteiger partial charge in [-0.3, -0.25) is 0 Å². The third-order valence-electron chi connectivity index (χ3n) is 5.31. The molecule has 0 atom stereocenters. The van der Waals surface area contributed by atoms with Gasteiger partial charge in [0, 0.05) is 29.4 Å². The number of ether oxygens (including phenoxy) is 1. The molecule has 0 aliphatic carbocycles. The number of hydrogen-bond donors (Lipinski definition) is 1. The molecule has 0 bridgehead atoms. The highest BCUT2D eigenvalue weighted by atomic mass is 16.5. The van der Waals surface area contributed by atoms with E-state index in [0.717, 1.165) is 72.3 Å². The van der Waals surface area contributed by atoms with Crippen LogP contribution < -0.4 is 10.1 Å². The zero-order chi connectivity index (χ0) is 20.1. The van der Waals surface area contributed by atoms with Crippen molar-refractivity contribution in [2.24, 2.45) is 0 Å². The van der Waals surface area contributed by atoms with Gasteiger partial charge >= 0.3 is 0 Å². The lowest BCUT2D eigenvalue weighted by Crippen LogP contribution is -2.25. The molecule has 3 aromatic rings. The lowest BCUT2D eigenvalue weighted by molar-refractivity contribution is 0.303. The maximum Gasteiger partial charge on any atom is 0.158 e. The monoisotopic (exact) mass is 381 g/mol. The van der Waals surface area contributed by atoms with Crippen molar-refractivity contribution in [1.29, 1.82) is 0 Å². The van der Waals surface area contributed by atoms with Crippen molar-refractivity contribution in [3.63, 3.8) is 0 Å². The Balaban J connectivity index is 1.84. The van der Waals surface area contributed by atoms with Gasteiger partial charge in [0.05, 0.1) is 12.8 Å². The second-order valence-electron chi connectivity index (χ2n) is 7.01. The Morgan fingerprint density at radius 2 is 1.82 bits per heavy atom. The summed E-state index contributed by atoms with van der Waals surface area (Å²) in [5.74, 6) is 1.87. The van der Waals surface area contributed by atoms with Gasteiger partial charge in [-0.25, -0.2) is 4.98 Å². The molecular formula is C22H31N5O. The molecule has 0 aliphatic heterocycles. The molecule has 1 N–H and O–H groups in total. The molecule has 6 nitrogen and oxygen atoms in total. The number of nitrogens with zero attached hydrogens (tertiary/aromatic N) is 4. The maximum atomic E-state index is 5.25. The fraction of sp³-hybridized carbons (Fsp3) is 0.455. The van der Waals surface area contributed by atoms with Crippen LogP contribution in [0, 0.1) is 13.8 Å². The summed E-state index contributed by atoms with van der Waals surface area (Å²) in [6, 6.07) is 10.00. The molecule has 150 valence electrons. The Morgan fingerprint density at radius 1 is 1.11 bits per heavy atom. The second-order valence-corrected chi connectivity index (χ2v) is 7.01. The fourth-order valence-electron chi connectivity index (χ4n) is 3.36. The molecule has 0 aliphatic rings. The second kappa shape index (κ2) is 9.06. The summed E-state index contributed by atoms with van der Waals surface area (Å²) in [4.78, 5) is 7.17. The minimum absolute atomic E-state index is 0.841. The van der Waals surface area contributed by atoms with Gasteiger partial charge in [0.15, 0.2) is 5.65 Å². The van der Waals surface area contributed by atoms with Gasteiger partial charge in [0.2, 0.25) is 0 Å². The van der Waals surface area contributed by atoms with Crippen LogP contribution in [0.1, 0.15) is 31.5 Å². The standard InChI is InChI=1S/C22H31N5O/c1-6-26(7-2)14-8-13-23-22-16(3)17(4)24-21-15-20(25-27(21)22)18-9-11-19(28-5)12-10-18/h9-12,15,23H,6-8,13-14H2,1-5H3. The summed E-state index contributed by atoms with van der Waals surface area (Å²) in [6.07, 6.45) is 1.09. The molecule has 2 heterocycles. The first kappa shape index (κ1) is 20.1. The molecule has 0 saturated heterocycles. The van der Waals surface area contributed by atoms with Crippen molar-refractivity contribution in [3.05, 3.63) is 41.6 Å². The number of benzene rings is 1. The number of anilines is 1. The molecule has 0 radical (unpaired) electrons. The van der Waals surface area contributed by atoms with Gasteiger partial charge in [-0.2, -0.15) is 9.61 Å². The zero-order valence-corrected chi connectivity index (χ0v) is 17.6. The predicted octanol–water partition coefficient (Wildman–Crippen LogP) is 4.17. The average Bonchev–Trinajstić information content (AvgIpc) is 3.14. The number of aryl methyl sites for hydroxylation is 1. The van der Waals surface area contributed by atoms with Crippen LogP contribution >= 0.6 is 0 Å². The summed E-state index contributed by atoms with van der Waals surface area (Å²) in [7, 11) is 1.67. The van der Waals surface area contributed by atoms with Crippen LogP contribution in [0.15, 0.2) is 30.3 Å². The summed E-state index contributed by atoms with van der Waals surface area (Å²) in [5, 5.41) is 8.42. The molecule has 3 rings (SSSR count). The molecule has 0 spiro atoms. The average molecular weight is 382 g/mol. The molecule has 0 unspecified atom stereocenters. The summed E-state index contributed by atoms with van der Waals surface area (Å²) >= 11 is 0. The number of fused-ring (bicyclic) bond motifs is 1. The third kappa shape index (κ3) is 4.28. The minimum Gasteiger partial charge on any atom is -0.497 e. The van der Waals surface area contributed by atoms with Crippen LogP contribution in [0.25, 0.3) is 16.9 Å². The smallest absolute Gasteiger partial charge is 0.158 e. The van der Waals surface area contributed by atoms with Crippen molar-refractivity contribution in [3.8, 4) is 17.0 Å². The van der Waals surface area contributed by atoms with Crippen molar-refractivity contribution in [2.45, 2.75) is 34.1 Å². The van der Waals surface area contributed by atoms with Gasteiger partial charge in [-0.05, 0) is 64.2 Å². The van der Waals surface area contributed by atoms with E-state index in [-0.39, 0.29) is 0 Å². The lowest BCUT2D eigenvalue weighted by atomic mass is 10.1. The molecule has 2 aromatic heterocycles. The first-order valence-electron chi connectivity index (χ1n) is 10.0. The molecule has 6 heteroatoms. The van der Waals surface area contributed by atoms with E-state index in [1.165, 1.54) is 0 Å². The van der Waals surface area contributed by atoms with E-state index in [1.54, 1.807) is 7.11 Å². The number of rotatable bonds is 9. The summed E-state index contributed by atoms with van der Waals surface area (Å²) in [5.41, 5.74) is 4.99. The minimum atomic E-state index is 0.841. The highest BCUT2D eigenvalue weighted by Crippen LogP contribution is 2.25. The summed E-state index contributed by atoms with van der Waals surface area (Å²) in [6.45, 7) is 12.8. The predicted molar refractivity (Wildman–Crippen MR) is 115 cm³/mol. The molecule has 1 aromatic carbocycles. The van der Waals surface area contributed by atoms with E-state index >= 15 is 0 Å². The van der Waals surface area contributed by atoms with Gasteiger partial charge in [-0.15, -0.1) is 0 Å². The zero-order valence-electron chi connectivity index (χ0n) is 17.6. The van der Waals surface area contributed by atoms with E-state index in [0.29, 0.717) is 0 Å². The normalized spacial score (nSPS) is 11.4. The van der Waals surface area contributed by atoms with Crippen LogP contribution in [0.5, 0.6) is 5.75 Å². The molecule has 0 fully saturated rings. The number of aromatic nitrogens is 3. The first-order valence-corrected chi connectivity index (χ1v) is 10.0. The van der Waals surface area contributed by atoms with Crippen molar-refractivity contribution >= 4 is 11.5 Å². The van der Waals surface area contributed by atoms with Crippen LogP contribution in [0.3, 0.4) is 0 Å². The van der Waals surface area contributed by atoms with Crippen molar-refractivity contribution in [2.75, 3.05) is 38.6 Å². The van der Waals surface area contributed by atoms with Gasteiger partial charge in [-0.1, -0.05) is 13.8 Å². The van der Waals surface area contributed by atoms with Gasteiger partial charge < -0.3 is 15.0 Å². The Hall–Kier alpha value is -2.60. The maximum absolute atomic E-state index is 5.25. The third-order valence-corrected chi connectivity index (χ3v) is 5.31.